The van der Waals surface area contributed by atoms with Crippen molar-refractivity contribution in [3.8, 4) is 5.88 Å². The van der Waals surface area contributed by atoms with Crippen LogP contribution >= 0.6 is 0 Å². The molecule has 0 aliphatic rings. The average molecular weight is 260 g/mol. The maximum Gasteiger partial charge on any atom is 0.255 e. The quantitative estimate of drug-likeness (QED) is 0.798. The van der Waals surface area contributed by atoms with E-state index in [2.05, 4.69) is 9.97 Å². The van der Waals surface area contributed by atoms with Gasteiger partial charge in [0.25, 0.3) is 6.43 Å². The molecule has 1 heterocycles. The minimum Gasteiger partial charge on any atom is -0.478 e. The highest BCUT2D eigenvalue weighted by molar-refractivity contribution is 5.34. The molecule has 0 radical (unpaired) electrons. The number of aryl methyl sites for hydroxylation is 1. The van der Waals surface area contributed by atoms with E-state index in [1.165, 1.54) is 4.90 Å². The highest BCUT2D eigenvalue weighted by Crippen LogP contribution is 2.16. The minimum absolute atomic E-state index is 0.226. The normalized spacial score (nSPS) is 10.8. The third-order valence-electron chi connectivity index (χ3n) is 2.15. The highest BCUT2D eigenvalue weighted by Gasteiger charge is 2.16. The van der Waals surface area contributed by atoms with Gasteiger partial charge in [-0.25, -0.2) is 13.8 Å². The molecule has 0 fully saturated rings. The Kier molecular flexibility index (Phi) is 5.70. The maximum absolute atomic E-state index is 12.5. The fourth-order valence-corrected chi connectivity index (χ4v) is 1.48. The van der Waals surface area contributed by atoms with Gasteiger partial charge in [0.05, 0.1) is 13.2 Å². The largest absolute Gasteiger partial charge is 0.478 e. The van der Waals surface area contributed by atoms with Gasteiger partial charge in [0.1, 0.15) is 0 Å². The Balaban J connectivity index is 2.95. The summed E-state index contributed by atoms with van der Waals surface area (Å²) in [7, 11) is 0. The van der Waals surface area contributed by atoms with E-state index < -0.39 is 13.0 Å². The summed E-state index contributed by atoms with van der Waals surface area (Å²) >= 11 is 0. The van der Waals surface area contributed by atoms with E-state index in [4.69, 9.17) is 10.5 Å². The fourth-order valence-electron chi connectivity index (χ4n) is 1.48. The van der Waals surface area contributed by atoms with Crippen LogP contribution in [0.4, 0.5) is 14.7 Å². The van der Waals surface area contributed by atoms with Gasteiger partial charge < -0.3 is 15.4 Å². The lowest BCUT2D eigenvalue weighted by molar-refractivity contribution is 0.154. The van der Waals surface area contributed by atoms with Gasteiger partial charge >= 0.3 is 0 Å². The number of nitrogens with two attached hydrogens (primary N) is 1. The van der Waals surface area contributed by atoms with Crippen LogP contribution in [-0.2, 0) is 0 Å². The van der Waals surface area contributed by atoms with Crippen molar-refractivity contribution in [2.24, 2.45) is 5.73 Å². The van der Waals surface area contributed by atoms with Crippen LogP contribution in [-0.4, -0.2) is 42.6 Å². The van der Waals surface area contributed by atoms with Gasteiger partial charge in [-0.2, -0.15) is 4.98 Å². The summed E-state index contributed by atoms with van der Waals surface area (Å²) in [6.07, 6.45) is -2.46. The van der Waals surface area contributed by atoms with Crippen molar-refractivity contribution in [2.75, 3.05) is 31.1 Å². The number of hydrogen-bond acceptors (Lipinski definition) is 5. The highest BCUT2D eigenvalue weighted by atomic mass is 19.3. The number of halogens is 2. The number of nitrogens with zero attached hydrogens (tertiary/aromatic N) is 3. The zero-order valence-electron chi connectivity index (χ0n) is 10.6. The summed E-state index contributed by atoms with van der Waals surface area (Å²) < 4.78 is 30.2. The van der Waals surface area contributed by atoms with E-state index in [9.17, 15) is 8.78 Å². The van der Waals surface area contributed by atoms with Crippen LogP contribution < -0.4 is 15.4 Å². The van der Waals surface area contributed by atoms with Gasteiger partial charge in [0.2, 0.25) is 11.8 Å². The Bertz CT molecular complexity index is 376. The first-order valence-electron chi connectivity index (χ1n) is 5.78. The molecule has 0 bridgehead atoms. The first-order valence-corrected chi connectivity index (χ1v) is 5.78. The Morgan fingerprint density at radius 2 is 2.17 bits per heavy atom. The molecular weight excluding hydrogens is 242 g/mol. The van der Waals surface area contributed by atoms with Gasteiger partial charge in [-0.3, -0.25) is 0 Å². The number of rotatable bonds is 7. The number of alkyl halides is 2. The Hall–Kier alpha value is -1.50. The summed E-state index contributed by atoms with van der Waals surface area (Å²) in [4.78, 5) is 9.59. The standard InChI is InChI=1S/C11H18F2N4O/c1-3-18-10-6-8(2)15-11(16-10)17(5-4-14)7-9(12)13/h6,9H,3-5,7,14H2,1-2H3. The van der Waals surface area contributed by atoms with Crippen LogP contribution in [0.1, 0.15) is 12.6 Å². The molecule has 0 spiro atoms. The maximum atomic E-state index is 12.5. The van der Waals surface area contributed by atoms with Crippen molar-refractivity contribution in [3.63, 3.8) is 0 Å². The third-order valence-corrected chi connectivity index (χ3v) is 2.15. The molecule has 2 N–H and O–H groups in total. The van der Waals surface area contributed by atoms with Crippen LogP contribution in [0.25, 0.3) is 0 Å². The topological polar surface area (TPSA) is 64.3 Å². The summed E-state index contributed by atoms with van der Waals surface area (Å²) in [5, 5.41) is 0. The van der Waals surface area contributed by atoms with E-state index in [-0.39, 0.29) is 19.0 Å². The van der Waals surface area contributed by atoms with Crippen LogP contribution in [0.2, 0.25) is 0 Å². The second-order valence-corrected chi connectivity index (χ2v) is 3.71. The van der Waals surface area contributed by atoms with Crippen molar-refractivity contribution >= 4 is 5.95 Å². The monoisotopic (exact) mass is 260 g/mol. The van der Waals surface area contributed by atoms with E-state index in [0.717, 1.165) is 0 Å². The average Bonchev–Trinajstić information content (AvgIpc) is 2.27. The Morgan fingerprint density at radius 3 is 2.72 bits per heavy atom. The van der Waals surface area contributed by atoms with Gasteiger partial charge in [-0.15, -0.1) is 0 Å². The lowest BCUT2D eigenvalue weighted by Crippen LogP contribution is -2.35. The second kappa shape index (κ2) is 7.05. The summed E-state index contributed by atoms with van der Waals surface area (Å²) in [5.41, 5.74) is 6.07. The molecule has 18 heavy (non-hydrogen) atoms. The molecule has 1 aromatic rings. The van der Waals surface area contributed by atoms with Gasteiger partial charge in [-0.1, -0.05) is 0 Å². The molecule has 0 atom stereocenters. The molecule has 0 aliphatic carbocycles. The first-order chi connectivity index (χ1) is 8.56. The van der Waals surface area contributed by atoms with E-state index >= 15 is 0 Å². The smallest absolute Gasteiger partial charge is 0.255 e. The first kappa shape index (κ1) is 14.6. The van der Waals surface area contributed by atoms with Crippen LogP contribution in [0.5, 0.6) is 5.88 Å². The van der Waals surface area contributed by atoms with Crippen molar-refractivity contribution in [1.82, 2.24) is 9.97 Å². The van der Waals surface area contributed by atoms with Crippen LogP contribution in [0, 0.1) is 6.92 Å². The van der Waals surface area contributed by atoms with Crippen LogP contribution in [0.15, 0.2) is 6.07 Å². The van der Waals surface area contributed by atoms with Crippen LogP contribution in [0.3, 0.4) is 0 Å². The van der Waals surface area contributed by atoms with E-state index in [1.807, 2.05) is 6.92 Å². The van der Waals surface area contributed by atoms with Crippen molar-refractivity contribution in [2.45, 2.75) is 20.3 Å². The molecule has 7 heteroatoms. The van der Waals surface area contributed by atoms with Gasteiger partial charge in [-0.05, 0) is 13.8 Å². The lowest BCUT2D eigenvalue weighted by atomic mass is 10.4. The Morgan fingerprint density at radius 1 is 1.44 bits per heavy atom. The fraction of sp³-hybridized carbons (Fsp3) is 0.636. The Labute approximate surface area is 105 Å². The predicted octanol–water partition coefficient (Wildman–Crippen LogP) is 1.21. The van der Waals surface area contributed by atoms with E-state index in [0.29, 0.717) is 18.2 Å². The number of ether oxygens (including phenoxy) is 1. The van der Waals surface area contributed by atoms with Gasteiger partial charge in [0.15, 0.2) is 0 Å². The summed E-state index contributed by atoms with van der Waals surface area (Å²) in [5.74, 6) is 0.612. The molecule has 1 rings (SSSR count). The number of hydrogen-bond donors (Lipinski definition) is 1. The van der Waals surface area contributed by atoms with Crippen molar-refractivity contribution in [1.29, 1.82) is 0 Å². The summed E-state index contributed by atoms with van der Waals surface area (Å²) in [6, 6.07) is 1.66. The van der Waals surface area contributed by atoms with Gasteiger partial charge in [0, 0.05) is 24.8 Å². The molecule has 0 amide bonds. The second-order valence-electron chi connectivity index (χ2n) is 3.71. The molecule has 102 valence electrons. The molecule has 1 aromatic heterocycles. The lowest BCUT2D eigenvalue weighted by Gasteiger charge is -2.22. The molecule has 0 unspecified atom stereocenters. The zero-order chi connectivity index (χ0) is 13.5. The zero-order valence-corrected chi connectivity index (χ0v) is 10.6. The predicted molar refractivity (Wildman–Crippen MR) is 65.2 cm³/mol. The van der Waals surface area contributed by atoms with Crippen molar-refractivity contribution < 1.29 is 13.5 Å². The molecule has 0 saturated carbocycles. The summed E-state index contributed by atoms with van der Waals surface area (Å²) in [6.45, 7) is 4.14. The minimum atomic E-state index is -2.46. The SMILES string of the molecule is CCOc1cc(C)nc(N(CCN)CC(F)F)n1. The molecular formula is C11H18F2N4O. The number of anilines is 1. The molecule has 0 aromatic carbocycles. The number of aromatic nitrogens is 2. The molecule has 0 aliphatic heterocycles. The molecule has 5 nitrogen and oxygen atoms in total. The van der Waals surface area contributed by atoms with Crippen molar-refractivity contribution in [3.05, 3.63) is 11.8 Å². The van der Waals surface area contributed by atoms with E-state index in [1.54, 1.807) is 13.0 Å². The molecule has 0 saturated heterocycles. The third kappa shape index (κ3) is 4.40.